The van der Waals surface area contributed by atoms with Gasteiger partial charge in [-0.15, -0.1) is 0 Å². The first kappa shape index (κ1) is 26.5. The maximum Gasteiger partial charge on any atom is 0.228 e. The van der Waals surface area contributed by atoms with Crippen LogP contribution in [0.5, 0.6) is 5.75 Å². The fourth-order valence-corrected chi connectivity index (χ4v) is 5.11. The van der Waals surface area contributed by atoms with E-state index in [4.69, 9.17) is 18.9 Å². The van der Waals surface area contributed by atoms with Crippen molar-refractivity contribution in [2.24, 2.45) is 0 Å². The normalized spacial score (nSPS) is 31.0. The molecule has 0 spiro atoms. The maximum atomic E-state index is 11.1. The lowest BCUT2D eigenvalue weighted by Crippen LogP contribution is -2.64. The van der Waals surface area contributed by atoms with E-state index in [2.05, 4.69) is 47.1 Å². The number of methoxy groups -OCH3 is 1. The second-order valence-electron chi connectivity index (χ2n) is 9.03. The van der Waals surface area contributed by atoms with Gasteiger partial charge < -0.3 is 39.4 Å². The Bertz CT molecular complexity index is 992. The summed E-state index contributed by atoms with van der Waals surface area (Å²) in [5.41, 5.74) is 3.57. The minimum Gasteiger partial charge on any atom is -0.487 e. The van der Waals surface area contributed by atoms with Gasteiger partial charge >= 0.3 is 0 Å². The molecule has 35 heavy (non-hydrogen) atoms. The number of hydrogen-bond acceptors (Lipinski definition) is 8. The van der Waals surface area contributed by atoms with Crippen LogP contribution in [0.3, 0.4) is 0 Å². The van der Waals surface area contributed by atoms with Gasteiger partial charge in [0.05, 0.1) is 25.4 Å². The number of rotatable bonds is 8. The minimum absolute atomic E-state index is 0.202. The molecule has 9 heteroatoms. The molecule has 2 fully saturated rings. The van der Waals surface area contributed by atoms with Crippen molar-refractivity contribution in [2.75, 3.05) is 26.9 Å². The summed E-state index contributed by atoms with van der Waals surface area (Å²) in [6, 6.07) is 11.9. The van der Waals surface area contributed by atoms with Crippen LogP contribution in [-0.2, 0) is 32.8 Å². The summed E-state index contributed by atoms with van der Waals surface area (Å²) in [5.74, 6) is -1.50. The molecule has 2 heterocycles. The Morgan fingerprint density at radius 3 is 2.40 bits per heavy atom. The molecule has 2 aromatic carbocycles. The van der Waals surface area contributed by atoms with Crippen LogP contribution in [0.1, 0.15) is 35.6 Å². The Morgan fingerprint density at radius 2 is 1.80 bits per heavy atom. The monoisotopic (exact) mass is 552 g/mol. The van der Waals surface area contributed by atoms with Crippen molar-refractivity contribution in [3.8, 4) is 5.75 Å². The van der Waals surface area contributed by atoms with Crippen LogP contribution < -0.4 is 4.74 Å². The van der Waals surface area contributed by atoms with E-state index in [-0.39, 0.29) is 6.10 Å². The summed E-state index contributed by atoms with van der Waals surface area (Å²) < 4.78 is 24.2. The summed E-state index contributed by atoms with van der Waals surface area (Å²) in [5, 5.41) is 41.8. The van der Waals surface area contributed by atoms with Crippen LogP contribution in [0.4, 0.5) is 0 Å². The standard InChI is InChI=1S/C26H33BrO8/c1-3-15-4-6-16(7-5-15)10-17-11-19(21(12-20(17)27)34-18-8-9-33-14-18)26(32-2)25(31)24(30)23(29)22(13-28)35-26/h4-7,11-12,18,22-25,28-31H,3,8-10,13-14H2,1-2H3/t18?,22-,23-,24+,25-,26+/m1/s1. The van der Waals surface area contributed by atoms with Crippen LogP contribution in [0.25, 0.3) is 0 Å². The highest BCUT2D eigenvalue weighted by molar-refractivity contribution is 9.10. The molecule has 0 bridgehead atoms. The number of benzene rings is 2. The van der Waals surface area contributed by atoms with Gasteiger partial charge in [-0.2, -0.15) is 0 Å². The largest absolute Gasteiger partial charge is 0.487 e. The smallest absolute Gasteiger partial charge is 0.228 e. The zero-order chi connectivity index (χ0) is 25.2. The number of hydrogen-bond donors (Lipinski definition) is 4. The zero-order valence-corrected chi connectivity index (χ0v) is 21.5. The van der Waals surface area contributed by atoms with Crippen molar-refractivity contribution in [1.29, 1.82) is 0 Å². The molecule has 2 saturated heterocycles. The molecule has 0 saturated carbocycles. The third kappa shape index (κ3) is 5.28. The predicted octanol–water partition coefficient (Wildman–Crippen LogP) is 2.04. The molecule has 1 unspecified atom stereocenters. The van der Waals surface area contributed by atoms with E-state index < -0.39 is 36.8 Å². The molecule has 0 aromatic heterocycles. The van der Waals surface area contributed by atoms with Gasteiger partial charge in [0.15, 0.2) is 0 Å². The van der Waals surface area contributed by atoms with Gasteiger partial charge in [0, 0.05) is 18.0 Å². The fraction of sp³-hybridized carbons (Fsp3) is 0.538. The molecule has 2 aliphatic heterocycles. The Balaban J connectivity index is 1.79. The molecule has 0 aliphatic carbocycles. The third-order valence-electron chi connectivity index (χ3n) is 6.78. The van der Waals surface area contributed by atoms with E-state index in [1.807, 2.05) is 6.07 Å². The van der Waals surface area contributed by atoms with Crippen molar-refractivity contribution >= 4 is 15.9 Å². The van der Waals surface area contributed by atoms with Gasteiger partial charge in [-0.3, -0.25) is 0 Å². The van der Waals surface area contributed by atoms with Crippen molar-refractivity contribution in [3.63, 3.8) is 0 Å². The van der Waals surface area contributed by atoms with Crippen LogP contribution in [0.15, 0.2) is 40.9 Å². The van der Waals surface area contributed by atoms with Crippen LogP contribution in [0, 0.1) is 0 Å². The molecule has 4 N–H and O–H groups in total. The topological polar surface area (TPSA) is 118 Å². The third-order valence-corrected chi connectivity index (χ3v) is 7.52. The lowest BCUT2D eigenvalue weighted by atomic mass is 9.86. The highest BCUT2D eigenvalue weighted by atomic mass is 79.9. The quantitative estimate of drug-likeness (QED) is 0.393. The summed E-state index contributed by atoms with van der Waals surface area (Å²) in [6.45, 7) is 2.54. The minimum atomic E-state index is -1.89. The van der Waals surface area contributed by atoms with Gasteiger partial charge in [-0.05, 0) is 41.7 Å². The number of ether oxygens (including phenoxy) is 4. The average Bonchev–Trinajstić information content (AvgIpc) is 3.38. The summed E-state index contributed by atoms with van der Waals surface area (Å²) >= 11 is 3.66. The average molecular weight is 553 g/mol. The first-order chi connectivity index (χ1) is 16.8. The number of aliphatic hydroxyl groups excluding tert-OH is 4. The first-order valence-corrected chi connectivity index (χ1v) is 12.6. The Labute approximate surface area is 213 Å². The highest BCUT2D eigenvalue weighted by Crippen LogP contribution is 2.45. The molecule has 8 nitrogen and oxygen atoms in total. The zero-order valence-electron chi connectivity index (χ0n) is 19.9. The molecule has 0 amide bonds. The second-order valence-corrected chi connectivity index (χ2v) is 9.88. The van der Waals surface area contributed by atoms with E-state index in [1.54, 1.807) is 6.07 Å². The van der Waals surface area contributed by atoms with Gasteiger partial charge in [0.2, 0.25) is 5.79 Å². The van der Waals surface area contributed by atoms with E-state index in [0.717, 1.165) is 22.0 Å². The molecular weight excluding hydrogens is 520 g/mol. The Morgan fingerprint density at radius 1 is 1.09 bits per heavy atom. The maximum absolute atomic E-state index is 11.1. The van der Waals surface area contributed by atoms with Crippen LogP contribution in [-0.4, -0.2) is 77.9 Å². The van der Waals surface area contributed by atoms with Gasteiger partial charge in [-0.25, -0.2) is 0 Å². The molecule has 6 atom stereocenters. The highest BCUT2D eigenvalue weighted by Gasteiger charge is 2.56. The van der Waals surface area contributed by atoms with Crippen LogP contribution >= 0.6 is 15.9 Å². The Hall–Kier alpha value is -1.56. The SMILES string of the molecule is CCc1ccc(Cc2cc([C@]3(OC)O[C@H](CO)[C@@H](O)[C@H](O)[C@H]3O)c(OC3CCOC3)cc2Br)cc1. The second kappa shape index (κ2) is 11.2. The molecular formula is C26H33BrO8. The van der Waals surface area contributed by atoms with Crippen molar-refractivity contribution < 1.29 is 39.4 Å². The van der Waals surface area contributed by atoms with Gasteiger partial charge in [-0.1, -0.05) is 47.1 Å². The lowest BCUT2D eigenvalue weighted by Gasteiger charge is -2.48. The summed E-state index contributed by atoms with van der Waals surface area (Å²) in [7, 11) is 1.34. The lowest BCUT2D eigenvalue weighted by molar-refractivity contribution is -0.366. The first-order valence-electron chi connectivity index (χ1n) is 11.9. The molecule has 2 aliphatic rings. The van der Waals surface area contributed by atoms with Crippen molar-refractivity contribution in [1.82, 2.24) is 0 Å². The van der Waals surface area contributed by atoms with Crippen LogP contribution in [0.2, 0.25) is 0 Å². The van der Waals surface area contributed by atoms with Gasteiger partial charge in [0.1, 0.15) is 36.3 Å². The number of aliphatic hydroxyl groups is 4. The van der Waals surface area contributed by atoms with E-state index in [9.17, 15) is 20.4 Å². The predicted molar refractivity (Wildman–Crippen MR) is 131 cm³/mol. The number of aryl methyl sites for hydroxylation is 1. The van der Waals surface area contributed by atoms with Crippen molar-refractivity contribution in [3.05, 3.63) is 63.1 Å². The number of halogens is 1. The van der Waals surface area contributed by atoms with Crippen molar-refractivity contribution in [2.45, 2.75) is 62.5 Å². The summed E-state index contributed by atoms with van der Waals surface area (Å²) in [6.07, 6.45) is -3.89. The Kier molecular flexibility index (Phi) is 8.50. The molecule has 2 aromatic rings. The molecule has 4 rings (SSSR count). The molecule has 0 radical (unpaired) electrons. The fourth-order valence-electron chi connectivity index (χ4n) is 4.65. The van der Waals surface area contributed by atoms with E-state index >= 15 is 0 Å². The van der Waals surface area contributed by atoms with E-state index in [1.165, 1.54) is 12.7 Å². The molecule has 192 valence electrons. The summed E-state index contributed by atoms with van der Waals surface area (Å²) in [4.78, 5) is 0. The van der Waals surface area contributed by atoms with E-state index in [0.29, 0.717) is 37.4 Å². The van der Waals surface area contributed by atoms with Gasteiger partial charge in [0.25, 0.3) is 0 Å².